The Morgan fingerprint density at radius 2 is 1.63 bits per heavy atom. The molecule has 19 heavy (non-hydrogen) atoms. The molecule has 0 spiro atoms. The van der Waals surface area contributed by atoms with Gasteiger partial charge in [-0.3, -0.25) is 0 Å². The lowest BCUT2D eigenvalue weighted by Gasteiger charge is -2.08. The van der Waals surface area contributed by atoms with Crippen LogP contribution in [0.4, 0.5) is 5.69 Å². The number of rotatable bonds is 5. The Kier molecular flexibility index (Phi) is 5.08. The molecule has 0 unspecified atom stereocenters. The zero-order valence-corrected chi connectivity index (χ0v) is 12.1. The zero-order valence-electron chi connectivity index (χ0n) is 10.6. The highest BCUT2D eigenvalue weighted by Gasteiger charge is 2.00. The average molecular weight is 296 g/mol. The molecule has 0 atom stereocenters. The number of benzene rings is 2. The summed E-state index contributed by atoms with van der Waals surface area (Å²) in [5.41, 5.74) is 3.32. The normalized spacial score (nSPS) is 10.5. The van der Waals surface area contributed by atoms with E-state index in [0.29, 0.717) is 16.7 Å². The predicted molar refractivity (Wildman–Crippen MR) is 80.9 cm³/mol. The van der Waals surface area contributed by atoms with Crippen molar-refractivity contribution in [1.29, 1.82) is 0 Å². The van der Waals surface area contributed by atoms with Gasteiger partial charge in [0.05, 0.1) is 16.7 Å². The van der Waals surface area contributed by atoms with Gasteiger partial charge in [0.2, 0.25) is 0 Å². The highest BCUT2D eigenvalue weighted by Crippen LogP contribution is 2.25. The highest BCUT2D eigenvalue weighted by atomic mass is 35.5. The molecule has 0 bridgehead atoms. The van der Waals surface area contributed by atoms with Gasteiger partial charge in [0.25, 0.3) is 0 Å². The van der Waals surface area contributed by atoms with E-state index in [4.69, 9.17) is 27.9 Å². The second-order valence-electron chi connectivity index (χ2n) is 4.23. The molecular formula is C15H15Cl2NO. The van der Waals surface area contributed by atoms with E-state index in [0.717, 1.165) is 12.2 Å². The Morgan fingerprint density at radius 1 is 0.947 bits per heavy atom. The monoisotopic (exact) mass is 295 g/mol. The van der Waals surface area contributed by atoms with E-state index in [1.165, 1.54) is 11.1 Å². The van der Waals surface area contributed by atoms with Crippen molar-refractivity contribution in [3.63, 3.8) is 0 Å². The molecule has 1 N–H and O–H groups in total. The number of nitrogens with one attached hydrogen (secondary N) is 1. The van der Waals surface area contributed by atoms with Crippen molar-refractivity contribution in [3.05, 3.63) is 63.6 Å². The van der Waals surface area contributed by atoms with Crippen LogP contribution in [0.1, 0.15) is 11.1 Å². The van der Waals surface area contributed by atoms with Crippen LogP contribution in [0.2, 0.25) is 10.0 Å². The molecule has 0 heterocycles. The molecule has 2 aromatic rings. The first-order valence-electron chi connectivity index (χ1n) is 5.94. The molecule has 2 aromatic carbocycles. The molecule has 0 aliphatic rings. The van der Waals surface area contributed by atoms with Crippen LogP contribution in [0.15, 0.2) is 42.5 Å². The molecule has 0 radical (unpaired) electrons. The number of ether oxygens (including phenoxy) is 1. The summed E-state index contributed by atoms with van der Waals surface area (Å²) in [5, 5.41) is 4.43. The molecule has 2 nitrogen and oxygen atoms in total. The van der Waals surface area contributed by atoms with E-state index >= 15 is 0 Å². The van der Waals surface area contributed by atoms with Crippen molar-refractivity contribution in [2.45, 2.75) is 13.2 Å². The molecule has 0 aliphatic heterocycles. The maximum absolute atomic E-state index is 5.97. The maximum atomic E-state index is 5.97. The van der Waals surface area contributed by atoms with E-state index in [2.05, 4.69) is 29.6 Å². The fourth-order valence-corrected chi connectivity index (χ4v) is 2.03. The first-order valence-corrected chi connectivity index (χ1v) is 6.70. The van der Waals surface area contributed by atoms with Crippen molar-refractivity contribution < 1.29 is 4.74 Å². The summed E-state index contributed by atoms with van der Waals surface area (Å²) in [4.78, 5) is 0. The van der Waals surface area contributed by atoms with Crippen molar-refractivity contribution in [3.8, 4) is 0 Å². The summed E-state index contributed by atoms with van der Waals surface area (Å²) in [5.74, 6) is 0. The second-order valence-corrected chi connectivity index (χ2v) is 5.05. The number of hydrogen-bond donors (Lipinski definition) is 1. The molecule has 4 heteroatoms. The van der Waals surface area contributed by atoms with Crippen LogP contribution >= 0.6 is 23.2 Å². The van der Waals surface area contributed by atoms with Crippen molar-refractivity contribution in [2.24, 2.45) is 0 Å². The third-order valence-corrected chi connectivity index (χ3v) is 3.49. The van der Waals surface area contributed by atoms with E-state index in [9.17, 15) is 0 Å². The number of halogens is 2. The van der Waals surface area contributed by atoms with Gasteiger partial charge in [-0.15, -0.1) is 0 Å². The summed E-state index contributed by atoms with van der Waals surface area (Å²) in [6, 6.07) is 13.8. The minimum atomic E-state index is 0.558. The van der Waals surface area contributed by atoms with Gasteiger partial charge in [-0.25, -0.2) is 0 Å². The maximum Gasteiger partial charge on any atom is 0.0713 e. The van der Waals surface area contributed by atoms with Crippen LogP contribution in [0, 0.1) is 0 Å². The molecule has 0 saturated heterocycles. The van der Waals surface area contributed by atoms with Crippen LogP contribution in [0.3, 0.4) is 0 Å². The van der Waals surface area contributed by atoms with Crippen molar-refractivity contribution >= 4 is 28.9 Å². The minimum Gasteiger partial charge on any atom is -0.381 e. The Bertz CT molecular complexity index is 540. The summed E-state index contributed by atoms with van der Waals surface area (Å²) < 4.78 is 5.08. The Hall–Kier alpha value is -1.22. The van der Waals surface area contributed by atoms with Crippen LogP contribution < -0.4 is 5.32 Å². The van der Waals surface area contributed by atoms with Crippen molar-refractivity contribution in [1.82, 2.24) is 0 Å². The van der Waals surface area contributed by atoms with Gasteiger partial charge in [0.1, 0.15) is 0 Å². The first-order chi connectivity index (χ1) is 9.19. The smallest absolute Gasteiger partial charge is 0.0713 e. The lowest BCUT2D eigenvalue weighted by Crippen LogP contribution is -1.99. The van der Waals surface area contributed by atoms with Gasteiger partial charge >= 0.3 is 0 Å². The zero-order chi connectivity index (χ0) is 13.7. The lowest BCUT2D eigenvalue weighted by atomic mass is 10.1. The molecule has 0 fully saturated rings. The van der Waals surface area contributed by atoms with E-state index < -0.39 is 0 Å². The summed E-state index contributed by atoms with van der Waals surface area (Å²) in [7, 11) is 1.69. The quantitative estimate of drug-likeness (QED) is 0.859. The number of methoxy groups -OCH3 is 1. The molecule has 0 saturated carbocycles. The molecule has 100 valence electrons. The third-order valence-electron chi connectivity index (χ3n) is 2.75. The van der Waals surface area contributed by atoms with E-state index in [1.807, 2.05) is 12.1 Å². The van der Waals surface area contributed by atoms with Gasteiger partial charge in [-0.1, -0.05) is 47.5 Å². The molecule has 0 amide bonds. The highest BCUT2D eigenvalue weighted by molar-refractivity contribution is 6.42. The lowest BCUT2D eigenvalue weighted by molar-refractivity contribution is 0.185. The summed E-state index contributed by atoms with van der Waals surface area (Å²) >= 11 is 11.8. The summed E-state index contributed by atoms with van der Waals surface area (Å²) in [6.45, 7) is 1.38. The standard InChI is InChI=1S/C15H15Cl2NO/c1-19-10-12-4-2-11(3-5-12)9-18-13-6-7-14(16)15(17)8-13/h2-8,18H,9-10H2,1H3. The molecular weight excluding hydrogens is 281 g/mol. The minimum absolute atomic E-state index is 0.558. The van der Waals surface area contributed by atoms with Crippen molar-refractivity contribution in [2.75, 3.05) is 12.4 Å². The van der Waals surface area contributed by atoms with E-state index in [1.54, 1.807) is 13.2 Å². The van der Waals surface area contributed by atoms with Crippen LogP contribution in [0.25, 0.3) is 0 Å². The predicted octanol–water partition coefficient (Wildman–Crippen LogP) is 4.75. The van der Waals surface area contributed by atoms with Crippen LogP contribution in [-0.4, -0.2) is 7.11 Å². The van der Waals surface area contributed by atoms with Gasteiger partial charge in [0.15, 0.2) is 0 Å². The largest absolute Gasteiger partial charge is 0.381 e. The first kappa shape index (κ1) is 14.2. The number of hydrogen-bond acceptors (Lipinski definition) is 2. The SMILES string of the molecule is COCc1ccc(CNc2ccc(Cl)c(Cl)c2)cc1. The van der Waals surface area contributed by atoms with Gasteiger partial charge in [-0.05, 0) is 29.3 Å². The Balaban J connectivity index is 1.96. The van der Waals surface area contributed by atoms with Crippen LogP contribution in [-0.2, 0) is 17.9 Å². The van der Waals surface area contributed by atoms with Gasteiger partial charge in [0, 0.05) is 19.3 Å². The van der Waals surface area contributed by atoms with Gasteiger partial charge < -0.3 is 10.1 Å². The molecule has 2 rings (SSSR count). The topological polar surface area (TPSA) is 21.3 Å². The van der Waals surface area contributed by atoms with Gasteiger partial charge in [-0.2, -0.15) is 0 Å². The molecule has 0 aliphatic carbocycles. The second kappa shape index (κ2) is 6.80. The molecule has 0 aromatic heterocycles. The van der Waals surface area contributed by atoms with Crippen LogP contribution in [0.5, 0.6) is 0 Å². The average Bonchev–Trinajstić information content (AvgIpc) is 2.42. The van der Waals surface area contributed by atoms with E-state index in [-0.39, 0.29) is 0 Å². The fourth-order valence-electron chi connectivity index (χ4n) is 1.73. The summed E-state index contributed by atoms with van der Waals surface area (Å²) in [6.07, 6.45) is 0. The Labute approximate surface area is 123 Å². The third kappa shape index (κ3) is 4.13. The Morgan fingerprint density at radius 3 is 2.26 bits per heavy atom. The number of anilines is 1. The fraction of sp³-hybridized carbons (Fsp3) is 0.200.